The fourth-order valence-corrected chi connectivity index (χ4v) is 3.36. The first-order valence-electron chi connectivity index (χ1n) is 8.68. The van der Waals surface area contributed by atoms with Crippen LogP contribution in [0.1, 0.15) is 23.2 Å². The molecule has 0 spiro atoms. The van der Waals surface area contributed by atoms with Crippen LogP contribution in [-0.4, -0.2) is 44.4 Å². The van der Waals surface area contributed by atoms with Gasteiger partial charge in [-0.1, -0.05) is 18.2 Å². The molecule has 2 heterocycles. The summed E-state index contributed by atoms with van der Waals surface area (Å²) in [6, 6.07) is 11.2. The molecule has 7 heteroatoms. The number of hydrogen-bond acceptors (Lipinski definition) is 5. The summed E-state index contributed by atoms with van der Waals surface area (Å²) < 4.78 is 7.43. The van der Waals surface area contributed by atoms with E-state index >= 15 is 0 Å². The topological polar surface area (TPSA) is 88.8 Å². The Labute approximate surface area is 150 Å². The minimum atomic E-state index is -0.613. The number of aliphatic hydroxyl groups is 1. The van der Waals surface area contributed by atoms with Gasteiger partial charge in [0.1, 0.15) is 17.4 Å². The minimum Gasteiger partial charge on any atom is -0.488 e. The number of hydrogen-bond donors (Lipinski definition) is 2. The summed E-state index contributed by atoms with van der Waals surface area (Å²) in [5, 5.41) is 17.5. The van der Waals surface area contributed by atoms with Gasteiger partial charge in [0.05, 0.1) is 12.3 Å². The molecule has 2 aromatic heterocycles. The number of fused-ring (bicyclic) bond motifs is 1. The Kier molecular flexibility index (Phi) is 4.53. The molecule has 0 aliphatic heterocycles. The molecule has 1 fully saturated rings. The number of aliphatic hydroxyl groups excluding tert-OH is 1. The highest BCUT2D eigenvalue weighted by atomic mass is 16.5. The van der Waals surface area contributed by atoms with Crippen LogP contribution in [0, 0.1) is 5.92 Å². The lowest BCUT2D eigenvalue weighted by molar-refractivity contribution is 0.0348. The number of carbonyl (C=O) groups is 1. The van der Waals surface area contributed by atoms with Crippen molar-refractivity contribution in [2.45, 2.75) is 25.0 Å². The Balaban J connectivity index is 1.35. The molecule has 0 bridgehead atoms. The molecule has 1 aromatic carbocycles. The Morgan fingerprint density at radius 1 is 1.27 bits per heavy atom. The predicted molar refractivity (Wildman–Crippen MR) is 94.9 cm³/mol. The molecule has 3 atom stereocenters. The van der Waals surface area contributed by atoms with Crippen molar-refractivity contribution in [1.82, 2.24) is 19.9 Å². The molecule has 1 aliphatic rings. The smallest absolute Gasteiger partial charge is 0.256 e. The molecule has 7 nitrogen and oxygen atoms in total. The SMILES string of the molecule is O=C(NC[C@H]1CC[C@@H](Oc2ccccc2)[C@@H]1O)c1cnn2cccnc12. The predicted octanol–water partition coefficient (Wildman–Crippen LogP) is 1.68. The standard InChI is InChI=1S/C19H20N4O3/c24-17-13(7-8-16(17)26-14-5-2-1-3-6-14)11-21-19(25)15-12-22-23-10-4-9-20-18(15)23/h1-6,9-10,12-13,16-17,24H,7-8,11H2,(H,21,25)/t13-,16-,17-/m1/s1. The van der Waals surface area contributed by atoms with Gasteiger partial charge in [-0.25, -0.2) is 9.50 Å². The van der Waals surface area contributed by atoms with Gasteiger partial charge in [-0.15, -0.1) is 0 Å². The van der Waals surface area contributed by atoms with Crippen molar-refractivity contribution < 1.29 is 14.6 Å². The molecule has 3 aromatic rings. The van der Waals surface area contributed by atoms with Crippen LogP contribution in [0.25, 0.3) is 5.65 Å². The van der Waals surface area contributed by atoms with Crippen molar-refractivity contribution in [2.75, 3.05) is 6.54 Å². The highest BCUT2D eigenvalue weighted by Crippen LogP contribution is 2.29. The first-order valence-corrected chi connectivity index (χ1v) is 8.68. The maximum atomic E-state index is 12.4. The van der Waals surface area contributed by atoms with Crippen molar-refractivity contribution in [2.24, 2.45) is 5.92 Å². The van der Waals surface area contributed by atoms with Crippen LogP contribution < -0.4 is 10.1 Å². The third-order valence-electron chi connectivity index (χ3n) is 4.77. The summed E-state index contributed by atoms with van der Waals surface area (Å²) in [7, 11) is 0. The zero-order chi connectivity index (χ0) is 17.9. The van der Waals surface area contributed by atoms with Gasteiger partial charge in [-0.2, -0.15) is 5.10 Å². The number of rotatable bonds is 5. The summed E-state index contributed by atoms with van der Waals surface area (Å²) in [6.45, 7) is 0.388. The monoisotopic (exact) mass is 352 g/mol. The van der Waals surface area contributed by atoms with E-state index in [1.807, 2.05) is 30.3 Å². The van der Waals surface area contributed by atoms with Crippen LogP contribution in [-0.2, 0) is 0 Å². The quantitative estimate of drug-likeness (QED) is 0.729. The Morgan fingerprint density at radius 2 is 2.12 bits per heavy atom. The van der Waals surface area contributed by atoms with Crippen LogP contribution in [0.4, 0.5) is 0 Å². The van der Waals surface area contributed by atoms with Gasteiger partial charge < -0.3 is 15.2 Å². The molecule has 1 saturated carbocycles. The molecule has 0 saturated heterocycles. The number of nitrogens with zero attached hydrogens (tertiary/aromatic N) is 3. The van der Waals surface area contributed by atoms with Gasteiger partial charge in [0.25, 0.3) is 5.91 Å². The largest absolute Gasteiger partial charge is 0.488 e. The molecule has 1 amide bonds. The number of benzene rings is 1. The summed E-state index contributed by atoms with van der Waals surface area (Å²) >= 11 is 0. The molecule has 4 rings (SSSR count). The van der Waals surface area contributed by atoms with Crippen molar-refractivity contribution >= 4 is 11.6 Å². The Hall–Kier alpha value is -2.93. The van der Waals surface area contributed by atoms with E-state index in [9.17, 15) is 9.90 Å². The fraction of sp³-hybridized carbons (Fsp3) is 0.316. The van der Waals surface area contributed by atoms with E-state index in [4.69, 9.17) is 4.74 Å². The van der Waals surface area contributed by atoms with E-state index in [2.05, 4.69) is 15.4 Å². The van der Waals surface area contributed by atoms with Gasteiger partial charge in [0.15, 0.2) is 5.65 Å². The molecular formula is C19H20N4O3. The maximum absolute atomic E-state index is 12.4. The third-order valence-corrected chi connectivity index (χ3v) is 4.77. The molecular weight excluding hydrogens is 332 g/mol. The third kappa shape index (κ3) is 3.25. The van der Waals surface area contributed by atoms with Gasteiger partial charge in [0, 0.05) is 24.9 Å². The number of ether oxygens (including phenoxy) is 1. The van der Waals surface area contributed by atoms with E-state index in [1.165, 1.54) is 6.20 Å². The number of nitrogens with one attached hydrogen (secondary N) is 1. The molecule has 0 radical (unpaired) electrons. The average Bonchev–Trinajstić information content (AvgIpc) is 3.25. The van der Waals surface area contributed by atoms with Gasteiger partial charge in [-0.05, 0) is 31.0 Å². The Morgan fingerprint density at radius 3 is 2.96 bits per heavy atom. The normalized spacial score (nSPS) is 22.4. The number of aromatic nitrogens is 3. The molecule has 1 aliphatic carbocycles. The number of para-hydroxylation sites is 1. The lowest BCUT2D eigenvalue weighted by Crippen LogP contribution is -2.37. The maximum Gasteiger partial charge on any atom is 0.256 e. The zero-order valence-corrected chi connectivity index (χ0v) is 14.2. The summed E-state index contributed by atoms with van der Waals surface area (Å²) in [6.07, 6.45) is 5.56. The van der Waals surface area contributed by atoms with Crippen LogP contribution in [0.15, 0.2) is 55.0 Å². The summed E-state index contributed by atoms with van der Waals surface area (Å²) in [4.78, 5) is 16.6. The van der Waals surface area contributed by atoms with E-state index in [-0.39, 0.29) is 17.9 Å². The van der Waals surface area contributed by atoms with Crippen molar-refractivity contribution in [3.05, 3.63) is 60.6 Å². The van der Waals surface area contributed by atoms with E-state index in [0.717, 1.165) is 18.6 Å². The van der Waals surface area contributed by atoms with Crippen molar-refractivity contribution in [3.8, 4) is 5.75 Å². The van der Waals surface area contributed by atoms with Crippen LogP contribution in [0.2, 0.25) is 0 Å². The van der Waals surface area contributed by atoms with E-state index < -0.39 is 6.10 Å². The number of amides is 1. The molecule has 2 N–H and O–H groups in total. The van der Waals surface area contributed by atoms with E-state index in [1.54, 1.807) is 23.0 Å². The lowest BCUT2D eigenvalue weighted by atomic mass is 10.1. The summed E-state index contributed by atoms with van der Waals surface area (Å²) in [5.74, 6) is 0.472. The van der Waals surface area contributed by atoms with Crippen molar-refractivity contribution in [3.63, 3.8) is 0 Å². The first-order chi connectivity index (χ1) is 12.7. The molecule has 134 valence electrons. The highest BCUT2D eigenvalue weighted by molar-refractivity contribution is 5.99. The fourth-order valence-electron chi connectivity index (χ4n) is 3.36. The molecule has 0 unspecified atom stereocenters. The van der Waals surface area contributed by atoms with Crippen LogP contribution in [0.3, 0.4) is 0 Å². The van der Waals surface area contributed by atoms with Gasteiger partial charge in [-0.3, -0.25) is 4.79 Å². The summed E-state index contributed by atoms with van der Waals surface area (Å²) in [5.41, 5.74) is 0.942. The average molecular weight is 352 g/mol. The zero-order valence-electron chi connectivity index (χ0n) is 14.2. The van der Waals surface area contributed by atoms with Crippen LogP contribution in [0.5, 0.6) is 5.75 Å². The second-order valence-electron chi connectivity index (χ2n) is 6.45. The van der Waals surface area contributed by atoms with Gasteiger partial charge >= 0.3 is 0 Å². The number of carbonyl (C=O) groups excluding carboxylic acids is 1. The highest BCUT2D eigenvalue weighted by Gasteiger charge is 2.36. The Bertz CT molecular complexity index is 896. The second-order valence-corrected chi connectivity index (χ2v) is 6.45. The van der Waals surface area contributed by atoms with E-state index in [0.29, 0.717) is 17.8 Å². The van der Waals surface area contributed by atoms with Crippen molar-refractivity contribution in [1.29, 1.82) is 0 Å². The lowest BCUT2D eigenvalue weighted by Gasteiger charge is -2.21. The first kappa shape index (κ1) is 16.5. The van der Waals surface area contributed by atoms with Gasteiger partial charge in [0.2, 0.25) is 0 Å². The van der Waals surface area contributed by atoms with Crippen LogP contribution >= 0.6 is 0 Å². The molecule has 26 heavy (non-hydrogen) atoms. The second kappa shape index (κ2) is 7.13. The minimum absolute atomic E-state index is 0.0394.